The summed E-state index contributed by atoms with van der Waals surface area (Å²) in [5.41, 5.74) is 7.82. The molecule has 17 heavy (non-hydrogen) atoms. The first-order valence-corrected chi connectivity index (χ1v) is 6.56. The van der Waals surface area contributed by atoms with E-state index in [1.807, 2.05) is 17.8 Å². The normalized spacial score (nSPS) is 11.1. The molecule has 2 rings (SSSR count). The molecule has 2 aromatic heterocycles. The SMILES string of the molecule is CC(C)c1nn(C)c(NCc2cccs2)c1N. The molecule has 3 N–H and O–H groups in total. The lowest BCUT2D eigenvalue weighted by Gasteiger charge is -2.06. The fourth-order valence-corrected chi connectivity index (χ4v) is 2.43. The van der Waals surface area contributed by atoms with Crippen LogP contribution in [0.15, 0.2) is 17.5 Å². The molecule has 0 unspecified atom stereocenters. The standard InChI is InChI=1S/C12H18N4S/c1-8(2)11-10(13)12(16(3)15-11)14-7-9-5-4-6-17-9/h4-6,8,14H,7,13H2,1-3H3. The average Bonchev–Trinajstić information content (AvgIpc) is 2.86. The maximum absolute atomic E-state index is 6.10. The van der Waals surface area contributed by atoms with Crippen molar-refractivity contribution in [2.75, 3.05) is 11.1 Å². The largest absolute Gasteiger partial charge is 0.394 e. The zero-order valence-corrected chi connectivity index (χ0v) is 11.2. The Balaban J connectivity index is 2.15. The predicted molar refractivity (Wildman–Crippen MR) is 73.4 cm³/mol. The van der Waals surface area contributed by atoms with Crippen LogP contribution in [0.4, 0.5) is 11.5 Å². The van der Waals surface area contributed by atoms with Gasteiger partial charge in [-0.15, -0.1) is 11.3 Å². The van der Waals surface area contributed by atoms with E-state index in [2.05, 4.69) is 35.7 Å². The number of nitrogens with zero attached hydrogens (tertiary/aromatic N) is 2. The maximum Gasteiger partial charge on any atom is 0.148 e. The zero-order chi connectivity index (χ0) is 12.4. The van der Waals surface area contributed by atoms with Gasteiger partial charge in [0.1, 0.15) is 5.82 Å². The van der Waals surface area contributed by atoms with E-state index in [0.717, 1.165) is 23.7 Å². The van der Waals surface area contributed by atoms with Crippen molar-refractivity contribution < 1.29 is 0 Å². The summed E-state index contributed by atoms with van der Waals surface area (Å²) in [6.45, 7) is 4.99. The highest BCUT2D eigenvalue weighted by atomic mass is 32.1. The van der Waals surface area contributed by atoms with Crippen LogP contribution in [0.1, 0.15) is 30.3 Å². The quantitative estimate of drug-likeness (QED) is 0.877. The van der Waals surface area contributed by atoms with Gasteiger partial charge >= 0.3 is 0 Å². The highest BCUT2D eigenvalue weighted by Gasteiger charge is 2.15. The summed E-state index contributed by atoms with van der Waals surface area (Å²) in [6.07, 6.45) is 0. The van der Waals surface area contributed by atoms with E-state index < -0.39 is 0 Å². The Labute approximate surface area is 105 Å². The van der Waals surface area contributed by atoms with E-state index in [9.17, 15) is 0 Å². The molecule has 2 heterocycles. The summed E-state index contributed by atoms with van der Waals surface area (Å²) in [7, 11) is 1.92. The first-order chi connectivity index (χ1) is 8.09. The molecule has 0 radical (unpaired) electrons. The fourth-order valence-electron chi connectivity index (χ4n) is 1.78. The minimum absolute atomic E-state index is 0.346. The van der Waals surface area contributed by atoms with Gasteiger partial charge < -0.3 is 11.1 Å². The van der Waals surface area contributed by atoms with Crippen LogP contribution in [0.25, 0.3) is 0 Å². The summed E-state index contributed by atoms with van der Waals surface area (Å²) in [5.74, 6) is 1.25. The molecule has 0 amide bonds. The molecule has 0 saturated heterocycles. The van der Waals surface area contributed by atoms with Gasteiger partial charge in [-0.05, 0) is 17.4 Å². The molecule has 0 aliphatic carbocycles. The second kappa shape index (κ2) is 4.79. The highest BCUT2D eigenvalue weighted by molar-refractivity contribution is 7.09. The monoisotopic (exact) mass is 250 g/mol. The number of hydrogen-bond donors (Lipinski definition) is 2. The van der Waals surface area contributed by atoms with Gasteiger partial charge in [-0.3, -0.25) is 4.68 Å². The number of anilines is 2. The van der Waals surface area contributed by atoms with Crippen molar-refractivity contribution in [1.29, 1.82) is 0 Å². The molecule has 0 spiro atoms. The Bertz CT molecular complexity index is 485. The Morgan fingerprint density at radius 3 is 2.82 bits per heavy atom. The number of hydrogen-bond acceptors (Lipinski definition) is 4. The van der Waals surface area contributed by atoms with Crippen molar-refractivity contribution in [1.82, 2.24) is 9.78 Å². The third-order valence-corrected chi connectivity index (χ3v) is 3.55. The number of nitrogens with two attached hydrogens (primary N) is 1. The zero-order valence-electron chi connectivity index (χ0n) is 10.4. The second-order valence-electron chi connectivity index (χ2n) is 4.36. The summed E-state index contributed by atoms with van der Waals surface area (Å²) in [4.78, 5) is 1.29. The van der Waals surface area contributed by atoms with Gasteiger partial charge in [0.25, 0.3) is 0 Å². The topological polar surface area (TPSA) is 55.9 Å². The van der Waals surface area contributed by atoms with E-state index in [4.69, 9.17) is 5.73 Å². The molecule has 0 fully saturated rings. The van der Waals surface area contributed by atoms with Gasteiger partial charge in [0.15, 0.2) is 0 Å². The summed E-state index contributed by atoms with van der Waals surface area (Å²) in [5, 5.41) is 9.86. The number of thiophene rings is 1. The first kappa shape index (κ1) is 12.0. The van der Waals surface area contributed by atoms with Crippen LogP contribution in [0.5, 0.6) is 0 Å². The van der Waals surface area contributed by atoms with Crippen molar-refractivity contribution in [3.05, 3.63) is 28.1 Å². The predicted octanol–water partition coefficient (Wildman–Crippen LogP) is 2.80. The average molecular weight is 250 g/mol. The lowest BCUT2D eigenvalue weighted by atomic mass is 10.1. The van der Waals surface area contributed by atoms with Crippen molar-refractivity contribution in [3.63, 3.8) is 0 Å². The minimum atomic E-state index is 0.346. The van der Waals surface area contributed by atoms with Crippen LogP contribution in [-0.4, -0.2) is 9.78 Å². The highest BCUT2D eigenvalue weighted by Crippen LogP contribution is 2.28. The Morgan fingerprint density at radius 2 is 2.29 bits per heavy atom. The third-order valence-electron chi connectivity index (χ3n) is 2.67. The lowest BCUT2D eigenvalue weighted by Crippen LogP contribution is -2.05. The fraction of sp³-hybridized carbons (Fsp3) is 0.417. The summed E-state index contributed by atoms with van der Waals surface area (Å²) in [6, 6.07) is 4.15. The Hall–Kier alpha value is -1.49. The Morgan fingerprint density at radius 1 is 1.53 bits per heavy atom. The molecule has 5 heteroatoms. The molecule has 0 aliphatic rings. The van der Waals surface area contributed by atoms with Crippen LogP contribution in [0, 0.1) is 0 Å². The molecule has 0 saturated carbocycles. The molecule has 2 aromatic rings. The van der Waals surface area contributed by atoms with Gasteiger partial charge in [0.05, 0.1) is 17.9 Å². The van der Waals surface area contributed by atoms with E-state index in [1.54, 1.807) is 11.3 Å². The number of nitrogens with one attached hydrogen (secondary N) is 1. The van der Waals surface area contributed by atoms with Crippen LogP contribution >= 0.6 is 11.3 Å². The van der Waals surface area contributed by atoms with Gasteiger partial charge in [0, 0.05) is 11.9 Å². The molecule has 4 nitrogen and oxygen atoms in total. The van der Waals surface area contributed by atoms with Crippen LogP contribution in [0.2, 0.25) is 0 Å². The molecular weight excluding hydrogens is 232 g/mol. The van der Waals surface area contributed by atoms with Crippen molar-refractivity contribution >= 4 is 22.8 Å². The van der Waals surface area contributed by atoms with E-state index in [1.165, 1.54) is 4.88 Å². The van der Waals surface area contributed by atoms with E-state index >= 15 is 0 Å². The summed E-state index contributed by atoms with van der Waals surface area (Å²) < 4.78 is 1.82. The molecular formula is C12H18N4S. The number of aromatic nitrogens is 2. The molecule has 0 aromatic carbocycles. The van der Waals surface area contributed by atoms with Gasteiger partial charge in [-0.25, -0.2) is 0 Å². The van der Waals surface area contributed by atoms with Gasteiger partial charge in [-0.1, -0.05) is 19.9 Å². The minimum Gasteiger partial charge on any atom is -0.394 e. The molecule has 0 aliphatic heterocycles. The smallest absolute Gasteiger partial charge is 0.148 e. The first-order valence-electron chi connectivity index (χ1n) is 5.68. The number of rotatable bonds is 4. The van der Waals surface area contributed by atoms with Crippen molar-refractivity contribution in [2.24, 2.45) is 7.05 Å². The number of aryl methyl sites for hydroxylation is 1. The van der Waals surface area contributed by atoms with Crippen molar-refractivity contribution in [2.45, 2.75) is 26.3 Å². The molecule has 0 atom stereocenters. The maximum atomic E-state index is 6.10. The second-order valence-corrected chi connectivity index (χ2v) is 5.39. The van der Waals surface area contributed by atoms with E-state index in [0.29, 0.717) is 5.92 Å². The molecule has 92 valence electrons. The van der Waals surface area contributed by atoms with Crippen molar-refractivity contribution in [3.8, 4) is 0 Å². The van der Waals surface area contributed by atoms with Crippen LogP contribution in [0.3, 0.4) is 0 Å². The van der Waals surface area contributed by atoms with E-state index in [-0.39, 0.29) is 0 Å². The van der Waals surface area contributed by atoms with Gasteiger partial charge in [0.2, 0.25) is 0 Å². The van der Waals surface area contributed by atoms with Crippen LogP contribution in [-0.2, 0) is 13.6 Å². The third kappa shape index (κ3) is 2.44. The lowest BCUT2D eigenvalue weighted by molar-refractivity contribution is 0.715. The van der Waals surface area contributed by atoms with Crippen LogP contribution < -0.4 is 11.1 Å². The molecule has 0 bridgehead atoms. The summed E-state index contributed by atoms with van der Waals surface area (Å²) >= 11 is 1.73. The number of nitrogen functional groups attached to an aromatic ring is 1. The van der Waals surface area contributed by atoms with Gasteiger partial charge in [-0.2, -0.15) is 5.10 Å². The Kier molecular flexibility index (Phi) is 3.38.